The van der Waals surface area contributed by atoms with Crippen molar-refractivity contribution < 1.29 is 28.8 Å². The number of ether oxygens (including phenoxy) is 5. The Hall–Kier alpha value is -2.28. The lowest BCUT2D eigenvalue weighted by Crippen LogP contribution is -2.09. The van der Waals surface area contributed by atoms with Crippen LogP contribution in [0.2, 0.25) is 0 Å². The normalized spacial score (nSPS) is 20.8. The van der Waals surface area contributed by atoms with Gasteiger partial charge in [-0.2, -0.15) is 0 Å². The van der Waals surface area contributed by atoms with Crippen molar-refractivity contribution in [3.05, 3.63) is 53.1 Å². The summed E-state index contributed by atoms with van der Waals surface area (Å²) in [6.07, 6.45) is 1.01. The van der Waals surface area contributed by atoms with Crippen molar-refractivity contribution in [3.8, 4) is 17.2 Å². The third kappa shape index (κ3) is 5.21. The average Bonchev–Trinajstić information content (AvgIpc) is 3.65. The highest BCUT2D eigenvalue weighted by Crippen LogP contribution is 2.37. The van der Waals surface area contributed by atoms with Crippen molar-refractivity contribution in [2.75, 3.05) is 40.1 Å². The van der Waals surface area contributed by atoms with E-state index in [0.717, 1.165) is 35.7 Å². The van der Waals surface area contributed by atoms with E-state index in [9.17, 15) is 5.11 Å². The van der Waals surface area contributed by atoms with Crippen LogP contribution in [0.5, 0.6) is 17.2 Å². The van der Waals surface area contributed by atoms with E-state index in [1.165, 1.54) is 0 Å². The molecule has 0 aliphatic carbocycles. The quantitative estimate of drug-likeness (QED) is 0.585. The molecule has 1 N–H and O–H groups in total. The molecule has 2 aliphatic rings. The van der Waals surface area contributed by atoms with Gasteiger partial charge in [-0.05, 0) is 54.3 Å². The van der Waals surface area contributed by atoms with Crippen molar-refractivity contribution in [2.24, 2.45) is 0 Å². The van der Waals surface area contributed by atoms with Gasteiger partial charge >= 0.3 is 0 Å². The predicted molar refractivity (Wildman–Crippen MR) is 108 cm³/mol. The van der Waals surface area contributed by atoms with Gasteiger partial charge < -0.3 is 28.8 Å². The standard InChI is InChI=1S/C23H28O6/c1-15-3-5-17(26-11-18-12-27-18)10-21(15)20(7-8-24)16-4-6-22(23(9-16)25-2)29-14-19-13-28-19/h3-6,9-10,18-20,24H,7-8,11-14H2,1-2H3. The van der Waals surface area contributed by atoms with E-state index in [4.69, 9.17) is 23.7 Å². The molecule has 0 saturated carbocycles. The number of aryl methyl sites for hydroxylation is 1. The minimum atomic E-state index is 0.0236. The van der Waals surface area contributed by atoms with Gasteiger partial charge in [0, 0.05) is 12.5 Å². The Bertz CT molecular complexity index is 828. The second-order valence-electron chi connectivity index (χ2n) is 7.53. The number of rotatable bonds is 11. The summed E-state index contributed by atoms with van der Waals surface area (Å²) in [7, 11) is 1.64. The summed E-state index contributed by atoms with van der Waals surface area (Å²) in [5.74, 6) is 2.23. The van der Waals surface area contributed by atoms with Crippen LogP contribution < -0.4 is 14.2 Å². The summed E-state index contributed by atoms with van der Waals surface area (Å²) in [5.41, 5.74) is 3.36. The van der Waals surface area contributed by atoms with E-state index in [-0.39, 0.29) is 24.7 Å². The third-order valence-electron chi connectivity index (χ3n) is 5.30. The molecule has 6 nitrogen and oxygen atoms in total. The third-order valence-corrected chi connectivity index (χ3v) is 5.30. The van der Waals surface area contributed by atoms with E-state index < -0.39 is 0 Å². The first-order chi connectivity index (χ1) is 14.2. The molecule has 2 aromatic rings. The van der Waals surface area contributed by atoms with Crippen LogP contribution in [0, 0.1) is 6.92 Å². The van der Waals surface area contributed by atoms with Gasteiger partial charge in [-0.3, -0.25) is 0 Å². The molecule has 2 heterocycles. The Kier molecular flexibility index (Phi) is 6.23. The number of hydrogen-bond acceptors (Lipinski definition) is 6. The predicted octanol–water partition coefficient (Wildman–Crippen LogP) is 3.07. The largest absolute Gasteiger partial charge is 0.493 e. The van der Waals surface area contributed by atoms with Gasteiger partial charge in [0.15, 0.2) is 11.5 Å². The molecule has 3 atom stereocenters. The van der Waals surface area contributed by atoms with Gasteiger partial charge in [0.2, 0.25) is 0 Å². The minimum Gasteiger partial charge on any atom is -0.493 e. The molecule has 2 fully saturated rings. The van der Waals surface area contributed by atoms with Crippen molar-refractivity contribution >= 4 is 0 Å². The first-order valence-corrected chi connectivity index (χ1v) is 10.1. The second-order valence-corrected chi connectivity index (χ2v) is 7.53. The fraction of sp³-hybridized carbons (Fsp3) is 0.478. The van der Waals surface area contributed by atoms with E-state index in [0.29, 0.717) is 31.1 Å². The van der Waals surface area contributed by atoms with Gasteiger partial charge in [0.25, 0.3) is 0 Å². The first-order valence-electron chi connectivity index (χ1n) is 10.1. The maximum Gasteiger partial charge on any atom is 0.161 e. The summed E-state index contributed by atoms with van der Waals surface area (Å²) in [5, 5.41) is 9.72. The van der Waals surface area contributed by atoms with Crippen LogP contribution in [0.4, 0.5) is 0 Å². The minimum absolute atomic E-state index is 0.0236. The highest BCUT2D eigenvalue weighted by Gasteiger charge is 2.25. The smallest absolute Gasteiger partial charge is 0.161 e. The maximum absolute atomic E-state index is 9.72. The molecular weight excluding hydrogens is 372 g/mol. The Balaban J connectivity index is 1.58. The number of epoxide rings is 2. The highest BCUT2D eigenvalue weighted by atomic mass is 16.6. The lowest BCUT2D eigenvalue weighted by Gasteiger charge is -2.22. The van der Waals surface area contributed by atoms with Gasteiger partial charge in [-0.15, -0.1) is 0 Å². The molecule has 3 unspecified atom stereocenters. The lowest BCUT2D eigenvalue weighted by molar-refractivity contribution is 0.251. The number of methoxy groups -OCH3 is 1. The SMILES string of the molecule is COc1cc(C(CCO)c2cc(OCC3CO3)ccc2C)ccc1OCC1CO1. The fourth-order valence-corrected chi connectivity index (χ4v) is 3.44. The molecule has 2 saturated heterocycles. The van der Waals surface area contributed by atoms with Crippen LogP contribution in [0.1, 0.15) is 29.0 Å². The van der Waals surface area contributed by atoms with Crippen molar-refractivity contribution in [1.29, 1.82) is 0 Å². The van der Waals surface area contributed by atoms with Crippen molar-refractivity contribution in [3.63, 3.8) is 0 Å². The summed E-state index contributed by atoms with van der Waals surface area (Å²) in [4.78, 5) is 0. The van der Waals surface area contributed by atoms with Crippen LogP contribution in [0.25, 0.3) is 0 Å². The van der Waals surface area contributed by atoms with Gasteiger partial charge in [-0.25, -0.2) is 0 Å². The zero-order valence-electron chi connectivity index (χ0n) is 16.9. The molecule has 0 aromatic heterocycles. The molecule has 0 bridgehead atoms. The second kappa shape index (κ2) is 9.03. The van der Waals surface area contributed by atoms with Crippen LogP contribution in [-0.4, -0.2) is 57.5 Å². The van der Waals surface area contributed by atoms with E-state index in [1.807, 2.05) is 24.3 Å². The molecule has 0 amide bonds. The summed E-state index contributed by atoms with van der Waals surface area (Å²) >= 11 is 0. The summed E-state index contributed by atoms with van der Waals surface area (Å²) in [6, 6.07) is 12.1. The Labute approximate surface area is 171 Å². The van der Waals surface area contributed by atoms with E-state index in [2.05, 4.69) is 19.1 Å². The zero-order valence-corrected chi connectivity index (χ0v) is 16.9. The zero-order chi connectivity index (χ0) is 20.2. The Morgan fingerprint density at radius 3 is 2.38 bits per heavy atom. The summed E-state index contributed by atoms with van der Waals surface area (Å²) < 4.78 is 27.7. The van der Waals surface area contributed by atoms with Crippen LogP contribution in [-0.2, 0) is 9.47 Å². The monoisotopic (exact) mass is 400 g/mol. The number of hydrogen-bond donors (Lipinski definition) is 1. The Morgan fingerprint density at radius 1 is 1.00 bits per heavy atom. The maximum atomic E-state index is 9.72. The van der Waals surface area contributed by atoms with Crippen LogP contribution >= 0.6 is 0 Å². The molecule has 4 rings (SSSR count). The molecule has 0 radical (unpaired) electrons. The van der Waals surface area contributed by atoms with Crippen LogP contribution in [0.3, 0.4) is 0 Å². The topological polar surface area (TPSA) is 73.0 Å². The number of benzene rings is 2. The highest BCUT2D eigenvalue weighted by molar-refractivity contribution is 5.48. The van der Waals surface area contributed by atoms with E-state index in [1.54, 1.807) is 7.11 Å². The van der Waals surface area contributed by atoms with Crippen molar-refractivity contribution in [1.82, 2.24) is 0 Å². The van der Waals surface area contributed by atoms with Crippen LogP contribution in [0.15, 0.2) is 36.4 Å². The molecule has 29 heavy (non-hydrogen) atoms. The summed E-state index contributed by atoms with van der Waals surface area (Å²) in [6.45, 7) is 4.79. The van der Waals surface area contributed by atoms with Crippen molar-refractivity contribution in [2.45, 2.75) is 31.5 Å². The Morgan fingerprint density at radius 2 is 1.72 bits per heavy atom. The molecular formula is C23H28O6. The molecule has 6 heteroatoms. The van der Waals surface area contributed by atoms with E-state index >= 15 is 0 Å². The van der Waals surface area contributed by atoms with Gasteiger partial charge in [0.05, 0.1) is 20.3 Å². The molecule has 156 valence electrons. The number of aliphatic hydroxyl groups is 1. The first kappa shape index (κ1) is 20.0. The lowest BCUT2D eigenvalue weighted by atomic mass is 9.86. The molecule has 2 aliphatic heterocycles. The molecule has 0 spiro atoms. The van der Waals surface area contributed by atoms with Gasteiger partial charge in [-0.1, -0.05) is 12.1 Å². The number of aliphatic hydroxyl groups excluding tert-OH is 1. The van der Waals surface area contributed by atoms with Gasteiger partial charge in [0.1, 0.15) is 31.2 Å². The molecule has 2 aromatic carbocycles. The average molecular weight is 400 g/mol. The fourth-order valence-electron chi connectivity index (χ4n) is 3.44.